The van der Waals surface area contributed by atoms with Crippen molar-refractivity contribution >= 4 is 5.97 Å². The van der Waals surface area contributed by atoms with E-state index in [1.165, 1.54) is 0 Å². The van der Waals surface area contributed by atoms with Crippen LogP contribution in [0.2, 0.25) is 0 Å². The molecule has 0 saturated heterocycles. The number of nitrogens with one attached hydrogen (secondary N) is 1. The molecule has 0 aliphatic heterocycles. The molecule has 0 saturated carbocycles. The van der Waals surface area contributed by atoms with Gasteiger partial charge in [-0.3, -0.25) is 5.32 Å². The summed E-state index contributed by atoms with van der Waals surface area (Å²) in [6.07, 6.45) is 4.06. The van der Waals surface area contributed by atoms with E-state index in [1.54, 1.807) is 6.20 Å². The number of carboxylic acids is 1. The van der Waals surface area contributed by atoms with Crippen molar-refractivity contribution in [3.8, 4) is 0 Å². The Morgan fingerprint density at radius 2 is 2.10 bits per heavy atom. The molecule has 0 aliphatic rings. The lowest BCUT2D eigenvalue weighted by molar-refractivity contribution is -0.146. The van der Waals surface area contributed by atoms with Gasteiger partial charge in [0.2, 0.25) is 0 Å². The lowest BCUT2D eigenvalue weighted by Crippen LogP contribution is -2.49. The number of benzene rings is 1. The number of aromatic nitrogens is 2. The van der Waals surface area contributed by atoms with Crippen LogP contribution in [0.1, 0.15) is 24.7 Å². The van der Waals surface area contributed by atoms with E-state index in [2.05, 4.69) is 10.3 Å². The number of carbonyl (C=O) groups is 1. The highest BCUT2D eigenvalue weighted by atomic mass is 16.4. The highest BCUT2D eigenvalue weighted by Crippen LogP contribution is 2.26. The van der Waals surface area contributed by atoms with Crippen LogP contribution in [0.5, 0.6) is 0 Å². The molecule has 1 heterocycles. The molecule has 2 N–H and O–H groups in total. The van der Waals surface area contributed by atoms with Crippen molar-refractivity contribution in [3.05, 3.63) is 54.1 Å². The summed E-state index contributed by atoms with van der Waals surface area (Å²) in [5.41, 5.74) is -0.302. The van der Waals surface area contributed by atoms with Crippen molar-refractivity contribution in [2.75, 3.05) is 6.54 Å². The Kier molecular flexibility index (Phi) is 4.75. The molecule has 0 amide bonds. The van der Waals surface area contributed by atoms with E-state index in [4.69, 9.17) is 0 Å². The van der Waals surface area contributed by atoms with Gasteiger partial charge in [0.25, 0.3) is 0 Å². The minimum Gasteiger partial charge on any atom is -0.480 e. The average molecular weight is 287 g/mol. The van der Waals surface area contributed by atoms with Crippen LogP contribution in [-0.4, -0.2) is 27.2 Å². The Hall–Kier alpha value is -2.14. The summed E-state index contributed by atoms with van der Waals surface area (Å²) in [5.74, 6) is 0.0344. The van der Waals surface area contributed by atoms with Crippen LogP contribution < -0.4 is 5.32 Å². The maximum Gasteiger partial charge on any atom is 0.328 e. The Morgan fingerprint density at radius 3 is 2.62 bits per heavy atom. The molecule has 2 rings (SSSR count). The van der Waals surface area contributed by atoms with E-state index in [0.29, 0.717) is 19.5 Å². The molecule has 5 heteroatoms. The van der Waals surface area contributed by atoms with Crippen molar-refractivity contribution in [1.29, 1.82) is 0 Å². The Balaban J connectivity index is 2.31. The van der Waals surface area contributed by atoms with Crippen molar-refractivity contribution in [1.82, 2.24) is 14.9 Å². The number of nitrogens with zero attached hydrogens (tertiary/aromatic N) is 2. The number of likely N-dealkylation sites (N-methyl/N-ethyl adjacent to an activating group) is 1. The quantitative estimate of drug-likeness (QED) is 0.819. The van der Waals surface area contributed by atoms with Gasteiger partial charge in [-0.15, -0.1) is 0 Å². The minimum absolute atomic E-state index is 0.456. The molecule has 1 aromatic carbocycles. The summed E-state index contributed by atoms with van der Waals surface area (Å²) >= 11 is 0. The molecular formula is C16H21N3O2. The average Bonchev–Trinajstić information content (AvgIpc) is 2.89. The molecule has 1 aromatic heterocycles. The Morgan fingerprint density at radius 1 is 1.38 bits per heavy atom. The Bertz CT molecular complexity index is 595. The lowest BCUT2D eigenvalue weighted by atomic mass is 9.86. The number of aliphatic carboxylic acids is 1. The number of carboxylic acid groups (broad SMARTS) is 1. The third-order valence-corrected chi connectivity index (χ3v) is 3.76. The Labute approximate surface area is 124 Å². The molecule has 21 heavy (non-hydrogen) atoms. The van der Waals surface area contributed by atoms with Gasteiger partial charge >= 0.3 is 5.97 Å². The van der Waals surface area contributed by atoms with E-state index >= 15 is 0 Å². The molecule has 0 radical (unpaired) electrons. The third-order valence-electron chi connectivity index (χ3n) is 3.76. The summed E-state index contributed by atoms with van der Waals surface area (Å²) in [6, 6.07) is 9.34. The molecule has 0 aliphatic carbocycles. The summed E-state index contributed by atoms with van der Waals surface area (Å²) in [4.78, 5) is 16.1. The molecule has 2 aromatic rings. The number of imidazole rings is 1. The van der Waals surface area contributed by atoms with E-state index in [1.807, 2.05) is 54.9 Å². The second-order valence-corrected chi connectivity index (χ2v) is 5.02. The van der Waals surface area contributed by atoms with Gasteiger partial charge in [0, 0.05) is 18.9 Å². The zero-order chi connectivity index (χ0) is 15.3. The second kappa shape index (κ2) is 6.54. The normalized spacial score (nSPS) is 13.8. The van der Waals surface area contributed by atoms with Gasteiger partial charge in [-0.25, -0.2) is 9.78 Å². The third kappa shape index (κ3) is 3.13. The molecule has 0 spiro atoms. The number of aryl methyl sites for hydroxylation is 2. The lowest BCUT2D eigenvalue weighted by Gasteiger charge is -2.31. The van der Waals surface area contributed by atoms with Crippen LogP contribution in [0, 0.1) is 6.92 Å². The second-order valence-electron chi connectivity index (χ2n) is 5.02. The zero-order valence-corrected chi connectivity index (χ0v) is 12.4. The fraction of sp³-hybridized carbons (Fsp3) is 0.375. The van der Waals surface area contributed by atoms with Crippen molar-refractivity contribution < 1.29 is 9.90 Å². The first-order valence-corrected chi connectivity index (χ1v) is 7.12. The molecule has 1 atom stereocenters. The molecule has 5 nitrogen and oxygen atoms in total. The summed E-state index contributed by atoms with van der Waals surface area (Å²) in [6.45, 7) is 5.02. The minimum atomic E-state index is -1.08. The van der Waals surface area contributed by atoms with Crippen LogP contribution >= 0.6 is 0 Å². The first kappa shape index (κ1) is 15.3. The van der Waals surface area contributed by atoms with Crippen molar-refractivity contribution in [2.24, 2.45) is 0 Å². The number of hydrogen-bond donors (Lipinski definition) is 2. The van der Waals surface area contributed by atoms with Crippen LogP contribution in [-0.2, 0) is 16.9 Å². The van der Waals surface area contributed by atoms with E-state index in [-0.39, 0.29) is 0 Å². The standard InChI is InChI=1S/C16H21N3O2/c1-3-18-16(15(20)21,14-7-5-4-6-8-14)9-11-19-12-10-17-13(19)2/h4-8,10,12,18H,3,9,11H2,1-2H3,(H,20,21). The highest BCUT2D eigenvalue weighted by molar-refractivity contribution is 5.80. The summed E-state index contributed by atoms with van der Waals surface area (Å²) in [5, 5.41) is 13.0. The van der Waals surface area contributed by atoms with E-state index < -0.39 is 11.5 Å². The van der Waals surface area contributed by atoms with Gasteiger partial charge in [0.05, 0.1) is 0 Å². The van der Waals surface area contributed by atoms with Crippen LogP contribution in [0.15, 0.2) is 42.7 Å². The van der Waals surface area contributed by atoms with Gasteiger partial charge in [-0.05, 0) is 25.5 Å². The first-order valence-electron chi connectivity index (χ1n) is 7.12. The molecular weight excluding hydrogens is 266 g/mol. The fourth-order valence-electron chi connectivity index (χ4n) is 2.59. The zero-order valence-electron chi connectivity index (χ0n) is 12.4. The maximum atomic E-state index is 12.0. The van der Waals surface area contributed by atoms with Crippen LogP contribution in [0.25, 0.3) is 0 Å². The van der Waals surface area contributed by atoms with Crippen molar-refractivity contribution in [2.45, 2.75) is 32.4 Å². The summed E-state index contributed by atoms with van der Waals surface area (Å²) < 4.78 is 1.97. The monoisotopic (exact) mass is 287 g/mol. The van der Waals surface area contributed by atoms with Gasteiger partial charge in [0.1, 0.15) is 11.4 Å². The molecule has 112 valence electrons. The van der Waals surface area contributed by atoms with Crippen LogP contribution in [0.3, 0.4) is 0 Å². The highest BCUT2D eigenvalue weighted by Gasteiger charge is 2.39. The van der Waals surface area contributed by atoms with Crippen LogP contribution in [0.4, 0.5) is 0 Å². The van der Waals surface area contributed by atoms with Gasteiger partial charge in [-0.2, -0.15) is 0 Å². The largest absolute Gasteiger partial charge is 0.480 e. The smallest absolute Gasteiger partial charge is 0.328 e. The van der Waals surface area contributed by atoms with Gasteiger partial charge in [0.15, 0.2) is 0 Å². The van der Waals surface area contributed by atoms with E-state index in [0.717, 1.165) is 11.4 Å². The van der Waals surface area contributed by atoms with Gasteiger partial charge < -0.3 is 9.67 Å². The topological polar surface area (TPSA) is 67.2 Å². The number of hydrogen-bond acceptors (Lipinski definition) is 3. The van der Waals surface area contributed by atoms with E-state index in [9.17, 15) is 9.90 Å². The SMILES string of the molecule is CCNC(CCn1ccnc1C)(C(=O)O)c1ccccc1. The summed E-state index contributed by atoms with van der Waals surface area (Å²) in [7, 11) is 0. The number of rotatable bonds is 7. The predicted octanol–water partition coefficient (Wildman–Crippen LogP) is 2.17. The molecule has 1 unspecified atom stereocenters. The first-order chi connectivity index (χ1) is 10.1. The fourth-order valence-corrected chi connectivity index (χ4v) is 2.59. The van der Waals surface area contributed by atoms with Crippen molar-refractivity contribution in [3.63, 3.8) is 0 Å². The van der Waals surface area contributed by atoms with Gasteiger partial charge in [-0.1, -0.05) is 37.3 Å². The maximum absolute atomic E-state index is 12.0. The molecule has 0 fully saturated rings. The molecule has 0 bridgehead atoms. The predicted molar refractivity (Wildman–Crippen MR) is 81.0 cm³/mol.